The van der Waals surface area contributed by atoms with Gasteiger partial charge >= 0.3 is 19.5 Å². The molecule has 640 valence electrons. The molecule has 11 aromatic carbocycles. The Hall–Kier alpha value is -10.3. The van der Waals surface area contributed by atoms with Crippen molar-refractivity contribution in [2.24, 2.45) is 0 Å². The van der Waals surface area contributed by atoms with Crippen molar-refractivity contribution >= 4 is 115 Å². The van der Waals surface area contributed by atoms with Gasteiger partial charge in [0.15, 0.2) is 0 Å². The predicted molar refractivity (Wildman–Crippen MR) is 512 cm³/mol. The van der Waals surface area contributed by atoms with E-state index in [0.29, 0.717) is 84.7 Å². The number of nitrogens with zero attached hydrogens (tertiary/aromatic N) is 13. The molecule has 8 bridgehead atoms. The summed E-state index contributed by atoms with van der Waals surface area (Å²) in [5.41, 5.74) is 17.1. The number of para-hydroxylation sites is 4. The SMILES string of the molecule is Brc1ccc2c(c1)Sc1ccccc1N2C1CC2CCC(C1)N2.N#Cc1ccc2c(c1)Sc1ccccc1N2C1CC2CCC(C1)N2.N#Cc1ccc2c(c1)Sc1ccccc1N2C1CC2CCC(C1)N2CCc1ccccc1.O=CCc1ccccc1.[C-]#N.[C-]#N.[Zn+2].c1ccc(CCN2C3CCC2CC(N2c4ccccc4Sc4cc(-c5nn[nH]n5)ccc42)C3)cc1. The number of tetrazole rings is 1. The summed E-state index contributed by atoms with van der Waals surface area (Å²) < 4.78 is 1.16. The van der Waals surface area contributed by atoms with Crippen molar-refractivity contribution < 1.29 is 24.3 Å². The van der Waals surface area contributed by atoms with Crippen LogP contribution in [0, 0.1) is 46.3 Å². The number of rotatable bonds is 13. The molecule has 0 aliphatic carbocycles. The van der Waals surface area contributed by atoms with Gasteiger partial charge in [-0.25, -0.2) is 0 Å². The van der Waals surface area contributed by atoms with Crippen molar-refractivity contribution in [1.82, 2.24) is 41.1 Å². The van der Waals surface area contributed by atoms with Gasteiger partial charge in [-0.3, -0.25) is 9.80 Å². The van der Waals surface area contributed by atoms with Crippen LogP contribution in [0.15, 0.2) is 304 Å². The number of aldehydes is 1. The Labute approximate surface area is 790 Å². The monoisotopic (exact) mass is 1870 g/mol. The second kappa shape index (κ2) is 42.0. The number of carbonyl (C=O) groups excluding carboxylic acids is 1. The average Bonchev–Trinajstić information content (AvgIpc) is 1.31. The molecule has 0 saturated carbocycles. The summed E-state index contributed by atoms with van der Waals surface area (Å²) in [6, 6.07) is 105. The fourth-order valence-electron chi connectivity index (χ4n) is 21.9. The van der Waals surface area contributed by atoms with Crippen molar-refractivity contribution in [3.05, 3.63) is 306 Å². The summed E-state index contributed by atoms with van der Waals surface area (Å²) in [5.74, 6) is 0.642. The topological polar surface area (TPSA) is 210 Å². The molecule has 12 aliphatic rings. The molecule has 13 heterocycles. The van der Waals surface area contributed by atoms with Crippen molar-refractivity contribution in [2.45, 2.75) is 234 Å². The first kappa shape index (κ1) is 89.6. The maximum absolute atomic E-state index is 9.97. The number of aromatic nitrogens is 4. The Morgan fingerprint density at radius 2 is 0.688 bits per heavy atom. The number of carbonyl (C=O) groups is 1. The van der Waals surface area contributed by atoms with Gasteiger partial charge in [0, 0.05) is 141 Å². The number of hydrogen-bond acceptors (Lipinski definition) is 20. The number of nitriles is 2. The second-order valence-corrected chi connectivity index (χ2v) is 40.0. The molecule has 128 heavy (non-hydrogen) atoms. The molecule has 17 nitrogen and oxygen atoms in total. The standard InChI is InChI=1S/C28H28N6S.C28H27N3S.C20H19N3S.C19H19BrN2S.C8H8O.2CN.Zn/c1-2-6-19(7-3-1)14-15-33-21-11-12-22(33)18-23(17-21)34-24-8-4-5-9-26(24)35-27-16-20(10-13-25(27)34)28-29-31-32-30-28;29-19-21-10-13-26-28(16-21)32-27-9-5-4-8-25(27)31(26)24-17-22-11-12-23(18-24)30(22)15-14-20-6-2-1-3-7-20;21-12-13-5-8-18-20(9-13)24-19-4-2-1-3-17(19)23(18)16-10-14-6-7-15(11-16)22-14;20-12-5-8-17-19(9-12)23-18-4-2-1-3-16(18)22(17)15-10-13-6-7-14(11-15)21-13;9-7-6-8-4-2-1-3-5-8;2*1-2;/h1-10,13,16,21-23H,11-12,14-15,17-18H2,(H,29,30,31,32);1-10,13,16,22-24H,11-12,14-15,17-18H2;1-5,8-9,14-16,22H,6-7,10-11H2;1-5,8-9,13-15,21H,6-7,10-11H2;1-5,7H,6H2;;;/q;;;;;2*-1;+2. The van der Waals surface area contributed by atoms with Crippen LogP contribution in [0.2, 0.25) is 0 Å². The molecule has 12 aromatic rings. The largest absolute Gasteiger partial charge is 2.00 e. The summed E-state index contributed by atoms with van der Waals surface area (Å²) in [6.07, 6.45) is 24.1. The summed E-state index contributed by atoms with van der Waals surface area (Å²) >= 11 is 11.0. The maximum atomic E-state index is 9.97. The van der Waals surface area contributed by atoms with Gasteiger partial charge in [-0.05, 0) is 259 Å². The number of fused-ring (bicyclic) bond motifs is 16. The molecule has 0 spiro atoms. The zero-order valence-corrected chi connectivity index (χ0v) is 79.4. The Kier molecular flexibility index (Phi) is 29.4. The van der Waals surface area contributed by atoms with Gasteiger partial charge in [-0.2, -0.15) is 15.7 Å². The van der Waals surface area contributed by atoms with E-state index in [0.717, 1.165) is 45.9 Å². The third-order valence-electron chi connectivity index (χ3n) is 27.3. The van der Waals surface area contributed by atoms with Crippen LogP contribution in [0.1, 0.15) is 131 Å². The van der Waals surface area contributed by atoms with E-state index in [-0.39, 0.29) is 19.5 Å². The zero-order chi connectivity index (χ0) is 86.7. The van der Waals surface area contributed by atoms with Gasteiger partial charge in [-0.15, -0.1) is 10.2 Å². The molecule has 12 aliphatic heterocycles. The van der Waals surface area contributed by atoms with Crippen LogP contribution in [0.4, 0.5) is 45.5 Å². The van der Waals surface area contributed by atoms with E-state index in [1.807, 2.05) is 72.1 Å². The molecule has 0 radical (unpaired) electrons. The third kappa shape index (κ3) is 19.7. The molecule has 8 atom stereocenters. The Balaban J connectivity index is 0.000000116. The molecule has 24 rings (SSSR count). The Morgan fingerprint density at radius 3 is 1.05 bits per heavy atom. The van der Waals surface area contributed by atoms with Gasteiger partial charge in [0.1, 0.15) is 6.29 Å². The van der Waals surface area contributed by atoms with E-state index in [4.69, 9.17) is 23.7 Å². The predicted octanol–water partition coefficient (Wildman–Crippen LogP) is 23.5. The summed E-state index contributed by atoms with van der Waals surface area (Å²) in [4.78, 5) is 36.4. The van der Waals surface area contributed by atoms with Gasteiger partial charge in [0.05, 0.1) is 68.8 Å². The number of piperidine rings is 4. The van der Waals surface area contributed by atoms with Gasteiger partial charge in [0.2, 0.25) is 5.82 Å². The van der Waals surface area contributed by atoms with E-state index in [2.05, 4.69) is 301 Å². The van der Waals surface area contributed by atoms with Crippen molar-refractivity contribution in [2.75, 3.05) is 32.7 Å². The van der Waals surface area contributed by atoms with Crippen LogP contribution in [0.3, 0.4) is 0 Å². The normalized spacial score (nSPS) is 23.2. The first-order valence-electron chi connectivity index (χ1n) is 44.7. The molecular weight excluding hydrogens is 1770 g/mol. The van der Waals surface area contributed by atoms with Gasteiger partial charge < -0.3 is 58.7 Å². The van der Waals surface area contributed by atoms with E-state index < -0.39 is 0 Å². The van der Waals surface area contributed by atoms with Crippen LogP contribution in [0.25, 0.3) is 11.4 Å². The first-order valence-corrected chi connectivity index (χ1v) is 48.8. The fraction of sp³-hybridized carbons (Fsp3) is 0.314. The zero-order valence-electron chi connectivity index (χ0n) is 71.6. The van der Waals surface area contributed by atoms with Crippen LogP contribution in [-0.2, 0) is 43.5 Å². The number of nitrogens with one attached hydrogen (secondary N) is 3. The quantitative estimate of drug-likeness (QED) is 0.0557. The van der Waals surface area contributed by atoms with Gasteiger partial charge in [-0.1, -0.05) is 203 Å². The number of aromatic amines is 1. The van der Waals surface area contributed by atoms with Crippen molar-refractivity contribution in [3.8, 4) is 23.5 Å². The molecule has 3 N–H and O–H groups in total. The summed E-state index contributed by atoms with van der Waals surface area (Å²) in [5, 5.41) is 53.4. The first-order chi connectivity index (χ1) is 62.7. The number of halogens is 1. The molecule has 8 fully saturated rings. The Morgan fingerprint density at radius 1 is 0.367 bits per heavy atom. The van der Waals surface area contributed by atoms with E-state index in [1.54, 1.807) is 23.5 Å². The number of H-pyrrole nitrogens is 1. The maximum Gasteiger partial charge on any atom is 2.00 e. The van der Waals surface area contributed by atoms with E-state index in [9.17, 15) is 15.3 Å². The van der Waals surface area contributed by atoms with Crippen LogP contribution in [-0.4, -0.2) is 122 Å². The minimum atomic E-state index is 0. The molecule has 23 heteroatoms. The Bertz CT molecular complexity index is 5900. The second-order valence-electron chi connectivity index (χ2n) is 34.7. The van der Waals surface area contributed by atoms with E-state index in [1.165, 1.54) is 212 Å². The summed E-state index contributed by atoms with van der Waals surface area (Å²) in [7, 11) is 0. The molecule has 1 aromatic heterocycles. The van der Waals surface area contributed by atoms with Crippen LogP contribution in [0.5, 0.6) is 0 Å². The number of hydrogen-bond donors (Lipinski definition) is 3. The summed E-state index contributed by atoms with van der Waals surface area (Å²) in [6.45, 7) is 11.8. The molecule has 0 amide bonds. The minimum absolute atomic E-state index is 0. The smallest absolute Gasteiger partial charge is 0.512 e. The van der Waals surface area contributed by atoms with Crippen molar-refractivity contribution in [3.63, 3.8) is 0 Å². The van der Waals surface area contributed by atoms with Gasteiger partial charge in [0.25, 0.3) is 0 Å². The number of anilines is 8. The molecule has 8 saturated heterocycles. The van der Waals surface area contributed by atoms with Crippen LogP contribution < -0.4 is 30.2 Å². The van der Waals surface area contributed by atoms with Crippen molar-refractivity contribution in [1.29, 1.82) is 21.0 Å². The molecule has 8 unspecified atom stereocenters. The van der Waals surface area contributed by atoms with E-state index >= 15 is 0 Å². The average molecular weight is 1880 g/mol. The third-order valence-corrected chi connectivity index (χ3v) is 32.3. The number of benzene rings is 11. The fourth-order valence-corrected chi connectivity index (χ4v) is 26.8. The van der Waals surface area contributed by atoms with Crippen LogP contribution >= 0.6 is 63.0 Å². The molecular formula is C105H101BrN16OS4Zn. The minimum Gasteiger partial charge on any atom is -0.512 e.